The number of hydrogen-bond donors (Lipinski definition) is 1. The van der Waals surface area contributed by atoms with Crippen molar-refractivity contribution in [3.05, 3.63) is 88.1 Å². The maximum absolute atomic E-state index is 12.8. The number of carbonyl (C=O) groups is 1. The minimum absolute atomic E-state index is 0.282. The Morgan fingerprint density at radius 3 is 2.45 bits per heavy atom. The summed E-state index contributed by atoms with van der Waals surface area (Å²) in [5.41, 5.74) is 4.42. The van der Waals surface area contributed by atoms with Gasteiger partial charge in [-0.15, -0.1) is 0 Å². The van der Waals surface area contributed by atoms with Crippen LogP contribution in [-0.2, 0) is 0 Å². The number of aryl methyl sites for hydroxylation is 3. The molecule has 4 aromatic rings. The molecule has 0 aliphatic heterocycles. The second kappa shape index (κ2) is 7.64. The fourth-order valence-electron chi connectivity index (χ4n) is 3.45. The molecule has 3 aromatic carbocycles. The van der Waals surface area contributed by atoms with Crippen molar-refractivity contribution in [1.29, 1.82) is 0 Å². The number of rotatable bonds is 4. The Bertz CT molecular complexity index is 1210. The summed E-state index contributed by atoms with van der Waals surface area (Å²) in [6, 6.07) is 18.4. The van der Waals surface area contributed by atoms with E-state index in [2.05, 4.69) is 11.4 Å². The van der Waals surface area contributed by atoms with Crippen molar-refractivity contribution in [2.45, 2.75) is 20.8 Å². The quantitative estimate of drug-likeness (QED) is 0.395. The third-order valence-corrected chi connectivity index (χ3v) is 5.07. The lowest BCUT2D eigenvalue weighted by molar-refractivity contribution is 0.0998. The summed E-state index contributed by atoms with van der Waals surface area (Å²) >= 11 is 6.12. The molecular weight excluding hydrogens is 386 g/mol. The molecule has 1 heterocycles. The van der Waals surface area contributed by atoms with Crippen LogP contribution in [0.2, 0.25) is 5.02 Å². The Balaban J connectivity index is 1.53. The highest BCUT2D eigenvalue weighted by Crippen LogP contribution is 2.31. The van der Waals surface area contributed by atoms with Crippen LogP contribution in [0.25, 0.3) is 11.0 Å². The molecule has 0 aliphatic carbocycles. The number of furan rings is 1. The molecule has 146 valence electrons. The van der Waals surface area contributed by atoms with E-state index >= 15 is 0 Å². The number of benzene rings is 3. The molecule has 1 aromatic heterocycles. The molecule has 0 fully saturated rings. The molecule has 4 nitrogen and oxygen atoms in total. The Morgan fingerprint density at radius 2 is 1.72 bits per heavy atom. The molecule has 5 heteroatoms. The highest BCUT2D eigenvalue weighted by Gasteiger charge is 2.19. The molecule has 0 saturated carbocycles. The van der Waals surface area contributed by atoms with Crippen LogP contribution in [0.3, 0.4) is 0 Å². The molecule has 0 atom stereocenters. The van der Waals surface area contributed by atoms with Crippen LogP contribution < -0.4 is 10.1 Å². The van der Waals surface area contributed by atoms with E-state index in [1.54, 1.807) is 36.4 Å². The van der Waals surface area contributed by atoms with E-state index in [9.17, 15) is 4.79 Å². The van der Waals surface area contributed by atoms with Crippen LogP contribution in [0.5, 0.6) is 11.5 Å². The molecule has 1 amide bonds. The minimum Gasteiger partial charge on any atom is -0.456 e. The van der Waals surface area contributed by atoms with Gasteiger partial charge >= 0.3 is 0 Å². The molecule has 0 unspecified atom stereocenters. The summed E-state index contributed by atoms with van der Waals surface area (Å²) in [7, 11) is 0. The van der Waals surface area contributed by atoms with Crippen LogP contribution in [0.1, 0.15) is 27.2 Å². The molecule has 0 bridgehead atoms. The van der Waals surface area contributed by atoms with Crippen molar-refractivity contribution in [3.63, 3.8) is 0 Å². The number of fused-ring (bicyclic) bond motifs is 1. The summed E-state index contributed by atoms with van der Waals surface area (Å²) in [6.07, 6.45) is 0. The summed E-state index contributed by atoms with van der Waals surface area (Å²) in [4.78, 5) is 12.8. The average Bonchev–Trinajstić information content (AvgIpc) is 3.02. The lowest BCUT2D eigenvalue weighted by Gasteiger charge is -2.09. The van der Waals surface area contributed by atoms with E-state index in [4.69, 9.17) is 20.8 Å². The normalized spacial score (nSPS) is 10.9. The van der Waals surface area contributed by atoms with Crippen molar-refractivity contribution >= 4 is 34.2 Å². The van der Waals surface area contributed by atoms with Crippen molar-refractivity contribution in [3.8, 4) is 11.5 Å². The number of carbonyl (C=O) groups excluding carboxylic acids is 1. The molecule has 0 spiro atoms. The van der Waals surface area contributed by atoms with Gasteiger partial charge in [-0.1, -0.05) is 29.8 Å². The fraction of sp³-hybridized carbons (Fsp3) is 0.125. The van der Waals surface area contributed by atoms with Crippen LogP contribution in [-0.4, -0.2) is 5.91 Å². The van der Waals surface area contributed by atoms with Crippen molar-refractivity contribution in [1.82, 2.24) is 0 Å². The van der Waals surface area contributed by atoms with Crippen molar-refractivity contribution in [2.24, 2.45) is 0 Å². The molecule has 29 heavy (non-hydrogen) atoms. The first-order valence-corrected chi connectivity index (χ1v) is 9.64. The van der Waals surface area contributed by atoms with E-state index < -0.39 is 0 Å². The van der Waals surface area contributed by atoms with Gasteiger partial charge in [-0.3, -0.25) is 4.79 Å². The fourth-order valence-corrected chi connectivity index (χ4v) is 3.63. The van der Waals surface area contributed by atoms with Gasteiger partial charge in [-0.2, -0.15) is 0 Å². The zero-order valence-corrected chi connectivity index (χ0v) is 17.1. The lowest BCUT2D eigenvalue weighted by Crippen LogP contribution is -2.12. The molecule has 0 aliphatic rings. The second-order valence-corrected chi connectivity index (χ2v) is 7.43. The van der Waals surface area contributed by atoms with Crippen LogP contribution in [0.4, 0.5) is 5.69 Å². The van der Waals surface area contributed by atoms with Gasteiger partial charge < -0.3 is 14.5 Å². The van der Waals surface area contributed by atoms with Gasteiger partial charge in [0.05, 0.1) is 5.02 Å². The third-order valence-electron chi connectivity index (χ3n) is 4.75. The number of nitrogens with one attached hydrogen (secondary N) is 1. The first-order valence-electron chi connectivity index (χ1n) is 9.26. The van der Waals surface area contributed by atoms with Crippen molar-refractivity contribution in [2.75, 3.05) is 5.32 Å². The van der Waals surface area contributed by atoms with E-state index in [1.807, 2.05) is 39.0 Å². The van der Waals surface area contributed by atoms with Gasteiger partial charge in [0.1, 0.15) is 17.1 Å². The van der Waals surface area contributed by atoms with Gasteiger partial charge in [-0.25, -0.2) is 0 Å². The van der Waals surface area contributed by atoms with Gasteiger partial charge in [0.2, 0.25) is 0 Å². The Kier molecular flexibility index (Phi) is 5.03. The number of hydrogen-bond acceptors (Lipinski definition) is 3. The first kappa shape index (κ1) is 19.1. The lowest BCUT2D eigenvalue weighted by atomic mass is 10.0. The van der Waals surface area contributed by atoms with Gasteiger partial charge in [0.25, 0.3) is 5.91 Å². The predicted molar refractivity (Wildman–Crippen MR) is 116 cm³/mol. The zero-order chi connectivity index (χ0) is 20.5. The molecule has 4 rings (SSSR count). The smallest absolute Gasteiger partial charge is 0.291 e. The molecule has 0 saturated heterocycles. The van der Waals surface area contributed by atoms with Gasteiger partial charge in [-0.05, 0) is 74.4 Å². The van der Waals surface area contributed by atoms with Gasteiger partial charge in [0.15, 0.2) is 5.76 Å². The predicted octanol–water partition coefficient (Wildman–Crippen LogP) is 7.06. The van der Waals surface area contributed by atoms with E-state index in [0.29, 0.717) is 28.0 Å². The largest absolute Gasteiger partial charge is 0.456 e. The second-order valence-electron chi connectivity index (χ2n) is 7.02. The minimum atomic E-state index is -0.282. The van der Waals surface area contributed by atoms with E-state index in [1.165, 1.54) is 0 Å². The zero-order valence-electron chi connectivity index (χ0n) is 16.4. The van der Waals surface area contributed by atoms with E-state index in [0.717, 1.165) is 27.7 Å². The maximum atomic E-state index is 12.8. The third kappa shape index (κ3) is 3.84. The maximum Gasteiger partial charge on any atom is 0.291 e. The molecule has 1 N–H and O–H groups in total. The van der Waals surface area contributed by atoms with Crippen LogP contribution >= 0.6 is 11.6 Å². The highest BCUT2D eigenvalue weighted by molar-refractivity contribution is 6.32. The summed E-state index contributed by atoms with van der Waals surface area (Å²) in [5.74, 6) is 1.25. The average molecular weight is 406 g/mol. The molecular formula is C24H20ClNO3. The van der Waals surface area contributed by atoms with Crippen LogP contribution in [0, 0.1) is 20.8 Å². The number of ether oxygens (including phenoxy) is 1. The van der Waals surface area contributed by atoms with E-state index in [-0.39, 0.29) is 5.91 Å². The topological polar surface area (TPSA) is 51.5 Å². The first-order chi connectivity index (χ1) is 13.9. The number of amides is 1. The SMILES string of the molecule is Cc1cc(C)c2c(C)c(C(=O)Nc3ccc(Oc4ccccc4Cl)cc3)oc2c1. The number of halogens is 1. The van der Waals surface area contributed by atoms with Crippen LogP contribution in [0.15, 0.2) is 65.1 Å². The Hall–Kier alpha value is -3.24. The Labute approximate surface area is 174 Å². The summed E-state index contributed by atoms with van der Waals surface area (Å²) in [5, 5.41) is 4.41. The van der Waals surface area contributed by atoms with Crippen molar-refractivity contribution < 1.29 is 13.9 Å². The highest BCUT2D eigenvalue weighted by atomic mass is 35.5. The number of para-hydroxylation sites is 1. The summed E-state index contributed by atoms with van der Waals surface area (Å²) < 4.78 is 11.6. The standard InChI is InChI=1S/C24H20ClNO3/c1-14-12-15(2)22-16(3)23(29-21(22)13-14)24(27)26-17-8-10-18(11-9-17)28-20-7-5-4-6-19(20)25/h4-13H,1-3H3,(H,26,27). The Morgan fingerprint density at radius 1 is 1.00 bits per heavy atom. The van der Waals surface area contributed by atoms with Gasteiger partial charge in [0, 0.05) is 16.6 Å². The summed E-state index contributed by atoms with van der Waals surface area (Å²) in [6.45, 7) is 5.94. The monoisotopic (exact) mass is 405 g/mol. The number of anilines is 1. The molecule has 0 radical (unpaired) electrons.